The standard InChI is InChI=1S/C25H25N5O7/c31-23(9-16-13-37-22-7-6-18(30(35)36)11-19(16)22)28-20(8-15-4-2-1-3-5-15)24(32)29-21(25(33)34)10-17-12-26-14-27-17/h1-7,11-12,14,16,20-21H,8-10,13H2,(H,26,27)(H,28,31)(H,29,32)(H,33,34)/t16?,20-,21-/m0/s1. The van der Waals surface area contributed by atoms with Gasteiger partial charge in [0.15, 0.2) is 0 Å². The van der Waals surface area contributed by atoms with Crippen LogP contribution in [-0.2, 0) is 27.2 Å². The number of carboxylic acids is 1. The number of nitrogens with zero attached hydrogens (tertiary/aromatic N) is 2. The zero-order chi connectivity index (χ0) is 26.4. The molecule has 0 aliphatic carbocycles. The number of fused-ring (bicyclic) bond motifs is 1. The zero-order valence-electron chi connectivity index (χ0n) is 19.6. The van der Waals surface area contributed by atoms with Gasteiger partial charge in [0.2, 0.25) is 11.8 Å². The highest BCUT2D eigenvalue weighted by Gasteiger charge is 2.31. The first-order chi connectivity index (χ1) is 17.8. The average molecular weight is 508 g/mol. The van der Waals surface area contributed by atoms with E-state index in [1.807, 2.05) is 6.07 Å². The van der Waals surface area contributed by atoms with Crippen molar-refractivity contribution < 1.29 is 29.2 Å². The van der Waals surface area contributed by atoms with Gasteiger partial charge in [0, 0.05) is 49.1 Å². The van der Waals surface area contributed by atoms with E-state index in [9.17, 15) is 29.6 Å². The molecule has 2 amide bonds. The Bertz CT molecular complexity index is 1280. The van der Waals surface area contributed by atoms with Gasteiger partial charge in [0.25, 0.3) is 5.69 Å². The number of benzene rings is 2. The van der Waals surface area contributed by atoms with E-state index in [-0.39, 0.29) is 31.6 Å². The quantitative estimate of drug-likeness (QED) is 0.224. The first-order valence-electron chi connectivity index (χ1n) is 11.6. The fourth-order valence-electron chi connectivity index (χ4n) is 4.17. The van der Waals surface area contributed by atoms with E-state index in [1.54, 1.807) is 24.3 Å². The highest BCUT2D eigenvalue weighted by atomic mass is 16.6. The van der Waals surface area contributed by atoms with Crippen LogP contribution in [0.2, 0.25) is 0 Å². The molecular formula is C25H25N5O7. The molecule has 1 aromatic heterocycles. The minimum atomic E-state index is -1.25. The molecule has 1 unspecified atom stereocenters. The average Bonchev–Trinajstić information content (AvgIpc) is 3.53. The Balaban J connectivity index is 1.47. The molecule has 3 aromatic rings. The van der Waals surface area contributed by atoms with Gasteiger partial charge in [-0.1, -0.05) is 30.3 Å². The molecule has 0 spiro atoms. The second-order valence-electron chi connectivity index (χ2n) is 8.67. The van der Waals surface area contributed by atoms with Crippen LogP contribution in [0.3, 0.4) is 0 Å². The lowest BCUT2D eigenvalue weighted by atomic mass is 9.96. The number of aromatic amines is 1. The van der Waals surface area contributed by atoms with Crippen molar-refractivity contribution in [1.82, 2.24) is 20.6 Å². The molecule has 0 radical (unpaired) electrons. The topological polar surface area (TPSA) is 177 Å². The SMILES string of the molecule is O=C(CC1COc2ccc([N+](=O)[O-])cc21)N[C@@H](Cc1ccccc1)C(=O)N[C@@H](Cc1c[nH]cn1)C(=O)O. The molecule has 12 nitrogen and oxygen atoms in total. The van der Waals surface area contributed by atoms with Crippen molar-refractivity contribution in [3.8, 4) is 5.75 Å². The molecule has 1 aliphatic rings. The van der Waals surface area contributed by atoms with Crippen LogP contribution in [0.25, 0.3) is 0 Å². The fraction of sp³-hybridized carbons (Fsp3) is 0.280. The Kier molecular flexibility index (Phi) is 7.77. The molecule has 2 heterocycles. The van der Waals surface area contributed by atoms with Gasteiger partial charge in [-0.25, -0.2) is 9.78 Å². The van der Waals surface area contributed by atoms with Crippen molar-refractivity contribution in [2.75, 3.05) is 6.61 Å². The van der Waals surface area contributed by atoms with Gasteiger partial charge >= 0.3 is 5.97 Å². The van der Waals surface area contributed by atoms with E-state index in [0.717, 1.165) is 5.56 Å². The van der Waals surface area contributed by atoms with Crippen LogP contribution in [0.1, 0.15) is 29.2 Å². The first-order valence-corrected chi connectivity index (χ1v) is 11.6. The smallest absolute Gasteiger partial charge is 0.326 e. The summed E-state index contributed by atoms with van der Waals surface area (Å²) >= 11 is 0. The summed E-state index contributed by atoms with van der Waals surface area (Å²) < 4.78 is 5.57. The number of non-ortho nitro benzene ring substituents is 1. The molecule has 3 atom stereocenters. The summed E-state index contributed by atoms with van der Waals surface area (Å²) in [5, 5.41) is 26.0. The first kappa shape index (κ1) is 25.4. The van der Waals surface area contributed by atoms with Crippen LogP contribution in [0.5, 0.6) is 5.75 Å². The number of nitro benzene ring substituents is 1. The maximum atomic E-state index is 13.2. The van der Waals surface area contributed by atoms with E-state index >= 15 is 0 Å². The maximum absolute atomic E-state index is 13.2. The summed E-state index contributed by atoms with van der Waals surface area (Å²) in [6, 6.07) is 10.9. The van der Waals surface area contributed by atoms with Gasteiger partial charge in [-0.3, -0.25) is 19.7 Å². The fourth-order valence-corrected chi connectivity index (χ4v) is 4.17. The minimum absolute atomic E-state index is 0.0362. The highest BCUT2D eigenvalue weighted by Crippen LogP contribution is 2.38. The van der Waals surface area contributed by atoms with Crippen molar-refractivity contribution in [3.63, 3.8) is 0 Å². The molecule has 4 rings (SSSR count). The molecule has 37 heavy (non-hydrogen) atoms. The lowest BCUT2D eigenvalue weighted by Gasteiger charge is -2.22. The van der Waals surface area contributed by atoms with Gasteiger partial charge in [-0.2, -0.15) is 0 Å². The number of carbonyl (C=O) groups is 3. The largest absolute Gasteiger partial charge is 0.493 e. The van der Waals surface area contributed by atoms with Gasteiger partial charge in [-0.15, -0.1) is 0 Å². The number of amides is 2. The van der Waals surface area contributed by atoms with Crippen LogP contribution in [0, 0.1) is 10.1 Å². The second-order valence-corrected chi connectivity index (χ2v) is 8.67. The lowest BCUT2D eigenvalue weighted by molar-refractivity contribution is -0.384. The normalized spacial score (nSPS) is 15.6. The third kappa shape index (κ3) is 6.48. The highest BCUT2D eigenvalue weighted by molar-refractivity contribution is 5.91. The Morgan fingerprint density at radius 2 is 1.92 bits per heavy atom. The monoisotopic (exact) mass is 507 g/mol. The Hall–Kier alpha value is -4.74. The summed E-state index contributed by atoms with van der Waals surface area (Å²) in [5.41, 5.74) is 1.68. The van der Waals surface area contributed by atoms with Crippen LogP contribution in [0.15, 0.2) is 61.1 Å². The van der Waals surface area contributed by atoms with Crippen LogP contribution in [-0.4, -0.2) is 56.5 Å². The van der Waals surface area contributed by atoms with Crippen LogP contribution >= 0.6 is 0 Å². The summed E-state index contributed by atoms with van der Waals surface area (Å²) in [5.74, 6) is -2.31. The number of hydrogen-bond donors (Lipinski definition) is 4. The van der Waals surface area contributed by atoms with Crippen molar-refractivity contribution in [2.45, 2.75) is 37.3 Å². The molecule has 0 saturated heterocycles. The summed E-state index contributed by atoms with van der Waals surface area (Å²) in [6.45, 7) is 0.171. The van der Waals surface area contributed by atoms with Crippen LogP contribution in [0.4, 0.5) is 5.69 Å². The number of imidazole rings is 1. The second kappa shape index (κ2) is 11.3. The molecule has 192 valence electrons. The van der Waals surface area contributed by atoms with E-state index in [1.165, 1.54) is 30.7 Å². The van der Waals surface area contributed by atoms with Crippen molar-refractivity contribution in [3.05, 3.63) is 88.0 Å². The molecule has 0 fully saturated rings. The molecule has 0 saturated carbocycles. The third-order valence-electron chi connectivity index (χ3n) is 6.03. The number of nitro groups is 1. The van der Waals surface area contributed by atoms with E-state index < -0.39 is 40.7 Å². The van der Waals surface area contributed by atoms with E-state index in [0.29, 0.717) is 17.0 Å². The van der Waals surface area contributed by atoms with Crippen LogP contribution < -0.4 is 15.4 Å². The number of ether oxygens (including phenoxy) is 1. The summed E-state index contributed by atoms with van der Waals surface area (Å²) in [6.07, 6.45) is 2.98. The Morgan fingerprint density at radius 3 is 2.59 bits per heavy atom. The Morgan fingerprint density at radius 1 is 1.14 bits per heavy atom. The van der Waals surface area contributed by atoms with Gasteiger partial charge in [-0.05, 0) is 11.6 Å². The number of H-pyrrole nitrogens is 1. The van der Waals surface area contributed by atoms with Gasteiger partial charge < -0.3 is 25.5 Å². The zero-order valence-corrected chi connectivity index (χ0v) is 19.6. The van der Waals surface area contributed by atoms with Gasteiger partial charge in [0.05, 0.1) is 23.6 Å². The molecule has 4 N–H and O–H groups in total. The Labute approximate surface area is 211 Å². The number of rotatable bonds is 11. The predicted molar refractivity (Wildman–Crippen MR) is 130 cm³/mol. The molecule has 12 heteroatoms. The summed E-state index contributed by atoms with van der Waals surface area (Å²) in [7, 11) is 0. The molecule has 1 aliphatic heterocycles. The number of aromatic nitrogens is 2. The van der Waals surface area contributed by atoms with Crippen molar-refractivity contribution in [1.29, 1.82) is 0 Å². The molecular weight excluding hydrogens is 482 g/mol. The minimum Gasteiger partial charge on any atom is -0.493 e. The third-order valence-corrected chi connectivity index (χ3v) is 6.03. The van der Waals surface area contributed by atoms with Crippen molar-refractivity contribution >= 4 is 23.5 Å². The molecule has 0 bridgehead atoms. The maximum Gasteiger partial charge on any atom is 0.326 e. The van der Waals surface area contributed by atoms with E-state index in [4.69, 9.17) is 4.74 Å². The lowest BCUT2D eigenvalue weighted by Crippen LogP contribution is -2.53. The summed E-state index contributed by atoms with van der Waals surface area (Å²) in [4.78, 5) is 55.3. The van der Waals surface area contributed by atoms with Gasteiger partial charge in [0.1, 0.15) is 17.8 Å². The number of hydrogen-bond acceptors (Lipinski definition) is 7. The predicted octanol–water partition coefficient (Wildman–Crippen LogP) is 1.72. The number of carboxylic acid groups (broad SMARTS) is 1. The number of carbonyl (C=O) groups excluding carboxylic acids is 2. The van der Waals surface area contributed by atoms with E-state index in [2.05, 4.69) is 20.6 Å². The number of aliphatic carboxylic acids is 1. The number of nitrogens with one attached hydrogen (secondary N) is 3. The van der Waals surface area contributed by atoms with Crippen molar-refractivity contribution in [2.24, 2.45) is 0 Å². The molecule has 2 aromatic carbocycles.